The normalized spacial score (nSPS) is 15.0. The van der Waals surface area contributed by atoms with Crippen LogP contribution in [0.4, 0.5) is 0 Å². The van der Waals surface area contributed by atoms with E-state index in [1.54, 1.807) is 54.9 Å². The van der Waals surface area contributed by atoms with Crippen LogP contribution in [0.15, 0.2) is 81.3 Å². The van der Waals surface area contributed by atoms with E-state index >= 15 is 0 Å². The number of ether oxygens (including phenoxy) is 3. The summed E-state index contributed by atoms with van der Waals surface area (Å²) in [5.74, 6) is 0.991. The maximum absolute atomic E-state index is 13.5. The second kappa shape index (κ2) is 9.53. The van der Waals surface area contributed by atoms with Gasteiger partial charge in [0.25, 0.3) is 5.91 Å². The van der Waals surface area contributed by atoms with E-state index in [0.717, 1.165) is 5.39 Å². The number of methoxy groups -OCH3 is 3. The predicted molar refractivity (Wildman–Crippen MR) is 133 cm³/mol. The van der Waals surface area contributed by atoms with Crippen LogP contribution in [0.25, 0.3) is 11.0 Å². The summed E-state index contributed by atoms with van der Waals surface area (Å²) in [5.41, 5.74) is 1.82. The topological polar surface area (TPSA) is 103 Å². The molecule has 36 heavy (non-hydrogen) atoms. The summed E-state index contributed by atoms with van der Waals surface area (Å²) in [7, 11) is 4.57. The fourth-order valence-electron chi connectivity index (χ4n) is 4.30. The lowest BCUT2D eigenvalue weighted by Crippen LogP contribution is -2.27. The number of hydrazone groups is 1. The van der Waals surface area contributed by atoms with Gasteiger partial charge in [0.2, 0.25) is 5.75 Å². The van der Waals surface area contributed by atoms with Gasteiger partial charge in [0.05, 0.1) is 38.6 Å². The quantitative estimate of drug-likeness (QED) is 0.377. The monoisotopic (exact) mass is 485 g/mol. The number of rotatable bonds is 6. The molecule has 0 N–H and O–H groups in total. The van der Waals surface area contributed by atoms with Gasteiger partial charge in [0, 0.05) is 29.8 Å². The van der Waals surface area contributed by atoms with Crippen molar-refractivity contribution in [2.45, 2.75) is 12.5 Å². The van der Waals surface area contributed by atoms with Crippen molar-refractivity contribution < 1.29 is 23.4 Å². The highest BCUT2D eigenvalue weighted by Gasteiger charge is 2.36. The van der Waals surface area contributed by atoms with E-state index in [9.17, 15) is 9.59 Å². The summed E-state index contributed by atoms with van der Waals surface area (Å²) >= 11 is 0. The summed E-state index contributed by atoms with van der Waals surface area (Å²) < 4.78 is 22.0. The number of nitrogens with zero attached hydrogens (tertiary/aromatic N) is 3. The molecule has 1 aliphatic rings. The van der Waals surface area contributed by atoms with Crippen LogP contribution in [0.2, 0.25) is 0 Å². The first-order chi connectivity index (χ1) is 17.5. The molecule has 5 rings (SSSR count). The zero-order valence-electron chi connectivity index (χ0n) is 19.9. The molecule has 1 aliphatic heterocycles. The fourth-order valence-corrected chi connectivity index (χ4v) is 4.30. The number of carbonyl (C=O) groups is 1. The van der Waals surface area contributed by atoms with E-state index in [-0.39, 0.29) is 12.3 Å². The summed E-state index contributed by atoms with van der Waals surface area (Å²) in [6.45, 7) is 0. The molecule has 1 atom stereocenters. The van der Waals surface area contributed by atoms with Gasteiger partial charge in [0.15, 0.2) is 11.5 Å². The van der Waals surface area contributed by atoms with E-state index in [0.29, 0.717) is 45.2 Å². The van der Waals surface area contributed by atoms with Crippen molar-refractivity contribution in [1.29, 1.82) is 0 Å². The lowest BCUT2D eigenvalue weighted by molar-refractivity contribution is 0.0710. The lowest BCUT2D eigenvalue weighted by atomic mass is 9.97. The standard InChI is InChI=1S/C27H23N3O6/c1-33-23-13-18(14-24(34-2)25(23)35-3)21-15-20(29-30(21)26(31)16-8-10-28-11-9-16)19-12-17-6-4-5-7-22(17)36-27(19)32/h4-14,21H,15H2,1-3H3. The van der Waals surface area contributed by atoms with Crippen molar-refractivity contribution in [1.82, 2.24) is 9.99 Å². The molecule has 2 aromatic heterocycles. The van der Waals surface area contributed by atoms with Gasteiger partial charge in [0.1, 0.15) is 5.58 Å². The fraction of sp³-hybridized carbons (Fsp3) is 0.185. The average molecular weight is 485 g/mol. The minimum Gasteiger partial charge on any atom is -0.493 e. The molecular weight excluding hydrogens is 462 g/mol. The van der Waals surface area contributed by atoms with Crippen molar-refractivity contribution in [2.24, 2.45) is 5.10 Å². The predicted octanol–water partition coefficient (Wildman–Crippen LogP) is 4.21. The molecule has 2 aromatic carbocycles. The Kier molecular flexibility index (Phi) is 6.12. The van der Waals surface area contributed by atoms with Gasteiger partial charge in [-0.2, -0.15) is 5.10 Å². The van der Waals surface area contributed by atoms with Crippen molar-refractivity contribution >= 4 is 22.6 Å². The SMILES string of the molecule is COc1cc(C2CC(c3cc4ccccc4oc3=O)=NN2C(=O)c2ccncc2)cc(OC)c1OC. The zero-order chi connectivity index (χ0) is 25.2. The summed E-state index contributed by atoms with van der Waals surface area (Å²) in [5, 5.41) is 6.76. The van der Waals surface area contributed by atoms with Crippen LogP contribution in [-0.2, 0) is 0 Å². The Hall–Kier alpha value is -4.66. The molecule has 0 radical (unpaired) electrons. The highest BCUT2D eigenvalue weighted by atomic mass is 16.5. The van der Waals surface area contributed by atoms with Gasteiger partial charge in [-0.25, -0.2) is 9.80 Å². The number of pyridine rings is 1. The Morgan fingerprint density at radius 3 is 2.33 bits per heavy atom. The molecule has 3 heterocycles. The maximum atomic E-state index is 13.5. The minimum absolute atomic E-state index is 0.276. The summed E-state index contributed by atoms with van der Waals surface area (Å²) in [6, 6.07) is 15.2. The Morgan fingerprint density at radius 2 is 1.67 bits per heavy atom. The van der Waals surface area contributed by atoms with E-state index < -0.39 is 11.7 Å². The Morgan fingerprint density at radius 1 is 0.972 bits per heavy atom. The van der Waals surface area contributed by atoms with Crippen LogP contribution in [0.1, 0.15) is 33.9 Å². The van der Waals surface area contributed by atoms with Crippen molar-refractivity contribution in [3.8, 4) is 17.2 Å². The van der Waals surface area contributed by atoms with Gasteiger partial charge in [-0.1, -0.05) is 18.2 Å². The van der Waals surface area contributed by atoms with Crippen molar-refractivity contribution in [3.05, 3.63) is 94.1 Å². The lowest BCUT2D eigenvalue weighted by Gasteiger charge is -2.24. The van der Waals surface area contributed by atoms with Gasteiger partial charge in [-0.15, -0.1) is 0 Å². The number of amides is 1. The second-order valence-electron chi connectivity index (χ2n) is 8.10. The number of hydrogen-bond acceptors (Lipinski definition) is 8. The number of carbonyl (C=O) groups excluding carboxylic acids is 1. The van der Waals surface area contributed by atoms with Crippen LogP contribution in [0.5, 0.6) is 17.2 Å². The molecule has 0 spiro atoms. The number of hydrogen-bond donors (Lipinski definition) is 0. The van der Waals surface area contributed by atoms with Crippen molar-refractivity contribution in [2.75, 3.05) is 21.3 Å². The third kappa shape index (κ3) is 4.04. The Bertz CT molecular complexity index is 1500. The summed E-state index contributed by atoms with van der Waals surface area (Å²) in [6.07, 6.45) is 3.36. The number of aromatic nitrogens is 1. The maximum Gasteiger partial charge on any atom is 0.345 e. The van der Waals surface area contributed by atoms with E-state index in [4.69, 9.17) is 18.6 Å². The van der Waals surface area contributed by atoms with Gasteiger partial charge in [-0.3, -0.25) is 9.78 Å². The number of para-hydroxylation sites is 1. The minimum atomic E-state index is -0.541. The molecule has 0 bridgehead atoms. The summed E-state index contributed by atoms with van der Waals surface area (Å²) in [4.78, 5) is 30.4. The molecule has 0 saturated heterocycles. The first-order valence-corrected chi connectivity index (χ1v) is 11.2. The third-order valence-corrected chi connectivity index (χ3v) is 6.07. The first kappa shape index (κ1) is 23.1. The van der Waals surface area contributed by atoms with Crippen LogP contribution in [0, 0.1) is 0 Å². The molecule has 9 nitrogen and oxygen atoms in total. The van der Waals surface area contributed by atoms with Crippen molar-refractivity contribution in [3.63, 3.8) is 0 Å². The Labute approximate surface area is 206 Å². The molecule has 182 valence electrons. The largest absolute Gasteiger partial charge is 0.493 e. The molecule has 1 amide bonds. The molecule has 9 heteroatoms. The highest BCUT2D eigenvalue weighted by Crippen LogP contribution is 2.43. The van der Waals surface area contributed by atoms with E-state index in [1.165, 1.54) is 26.3 Å². The number of benzene rings is 2. The number of fused-ring (bicyclic) bond motifs is 1. The van der Waals surface area contributed by atoms with Gasteiger partial charge < -0.3 is 18.6 Å². The molecule has 0 saturated carbocycles. The van der Waals surface area contributed by atoms with Crippen LogP contribution < -0.4 is 19.8 Å². The second-order valence-corrected chi connectivity index (χ2v) is 8.10. The van der Waals surface area contributed by atoms with Gasteiger partial charge in [-0.05, 0) is 42.0 Å². The van der Waals surface area contributed by atoms with E-state index in [1.807, 2.05) is 12.1 Å². The molecule has 1 unspecified atom stereocenters. The third-order valence-electron chi connectivity index (χ3n) is 6.07. The molecular formula is C27H23N3O6. The smallest absolute Gasteiger partial charge is 0.345 e. The first-order valence-electron chi connectivity index (χ1n) is 11.2. The molecule has 0 fully saturated rings. The van der Waals surface area contributed by atoms with Gasteiger partial charge >= 0.3 is 5.63 Å². The van der Waals surface area contributed by atoms with Crippen LogP contribution in [-0.4, -0.2) is 42.9 Å². The average Bonchev–Trinajstić information content (AvgIpc) is 3.37. The zero-order valence-corrected chi connectivity index (χ0v) is 19.9. The van der Waals surface area contributed by atoms with Crippen LogP contribution >= 0.6 is 0 Å². The molecule has 4 aromatic rings. The van der Waals surface area contributed by atoms with E-state index in [2.05, 4.69) is 10.1 Å². The molecule has 0 aliphatic carbocycles. The Balaban J connectivity index is 1.64. The van der Waals surface area contributed by atoms with Crippen LogP contribution in [0.3, 0.4) is 0 Å². The highest BCUT2D eigenvalue weighted by molar-refractivity contribution is 6.06.